The van der Waals surface area contributed by atoms with Gasteiger partial charge < -0.3 is 5.11 Å². The molecule has 4 nitrogen and oxygen atoms in total. The lowest BCUT2D eigenvalue weighted by atomic mass is 9.84. The quantitative estimate of drug-likeness (QED) is 0.181. The maximum Gasteiger partial charge on any atom is 0.149 e. The third kappa shape index (κ3) is 7.46. The molecular weight excluding hydrogens is 799 g/mol. The average molecular weight is 854 g/mol. The molecule has 7 aromatic carbocycles. The number of para-hydroxylation sites is 1. The molecule has 0 amide bonds. The summed E-state index contributed by atoms with van der Waals surface area (Å²) >= 11 is 1.84. The smallest absolute Gasteiger partial charge is 0.149 e. The number of hydrogen-bond donors (Lipinski definition) is 1. The van der Waals surface area contributed by atoms with Gasteiger partial charge in [-0.15, -0.1) is 11.3 Å². The molecular formula is C59H55N3OS. The molecule has 0 aliphatic carbocycles. The van der Waals surface area contributed by atoms with Crippen LogP contribution in [-0.4, -0.2) is 19.6 Å². The van der Waals surface area contributed by atoms with Crippen LogP contribution < -0.4 is 0 Å². The molecule has 5 heteroatoms. The fraction of sp³-hybridized carbons (Fsp3) is 0.220. The van der Waals surface area contributed by atoms with Crippen molar-refractivity contribution in [1.82, 2.24) is 14.5 Å². The minimum Gasteiger partial charge on any atom is -0.507 e. The predicted octanol–water partition coefficient (Wildman–Crippen LogP) is 16.5. The highest BCUT2D eigenvalue weighted by Gasteiger charge is 2.26. The van der Waals surface area contributed by atoms with E-state index in [1.807, 2.05) is 23.5 Å². The van der Waals surface area contributed by atoms with Crippen LogP contribution in [0.2, 0.25) is 0 Å². The first-order valence-corrected chi connectivity index (χ1v) is 23.2. The van der Waals surface area contributed by atoms with Crippen molar-refractivity contribution in [1.29, 1.82) is 0 Å². The number of aromatic nitrogens is 3. The number of nitrogens with zero attached hydrogens (tertiary/aromatic N) is 3. The zero-order chi connectivity index (χ0) is 44.7. The van der Waals surface area contributed by atoms with Gasteiger partial charge in [-0.3, -0.25) is 4.57 Å². The van der Waals surface area contributed by atoms with Gasteiger partial charge in [0.25, 0.3) is 0 Å². The number of aromatic hydroxyl groups is 1. The van der Waals surface area contributed by atoms with Gasteiger partial charge >= 0.3 is 0 Å². The van der Waals surface area contributed by atoms with Gasteiger partial charge in [-0.25, -0.2) is 9.97 Å². The van der Waals surface area contributed by atoms with Crippen molar-refractivity contribution in [3.63, 3.8) is 0 Å². The molecule has 0 fully saturated rings. The highest BCUT2D eigenvalue weighted by molar-refractivity contribution is 7.27. The summed E-state index contributed by atoms with van der Waals surface area (Å²) in [6, 6.07) is 54.3. The van der Waals surface area contributed by atoms with Crippen LogP contribution in [0, 0.1) is 5.41 Å². The normalized spacial score (nSPS) is 12.6. The number of thiophene rings is 1. The monoisotopic (exact) mass is 853 g/mol. The standard InChI is InChI=1S/C59H55N3OS/c1-57(2,3)35-36-23-27-42-39(31-36)24-28-43-46-34-48(60-52(55(46)64-54(42)43)38-19-14-11-15-20-38)44-21-16-22-50-53(44)61-56(47-33-41(59(7,8)9)26-30-51(47)63)62(50)49-29-25-40(58(4,5)6)32-45(49)37-17-12-10-13-18-37/h10-34,63H,35H2,1-9H3. The summed E-state index contributed by atoms with van der Waals surface area (Å²) in [6.45, 7) is 20.3. The molecule has 1 N–H and O–H groups in total. The van der Waals surface area contributed by atoms with Crippen LogP contribution in [-0.2, 0) is 17.3 Å². The first-order valence-electron chi connectivity index (χ1n) is 22.4. The molecule has 0 aliphatic rings. The van der Waals surface area contributed by atoms with Gasteiger partial charge in [-0.2, -0.15) is 0 Å². The number of fused-ring (bicyclic) bond motifs is 6. The Bertz CT molecular complexity index is 3410. The van der Waals surface area contributed by atoms with Crippen molar-refractivity contribution in [2.75, 3.05) is 0 Å². The van der Waals surface area contributed by atoms with Gasteiger partial charge in [0, 0.05) is 32.2 Å². The summed E-state index contributed by atoms with van der Waals surface area (Å²) in [7, 11) is 0. The molecule has 0 saturated carbocycles. The number of phenolic OH excluding ortho intramolecular Hbond substituents is 1. The molecule has 0 spiro atoms. The van der Waals surface area contributed by atoms with Crippen molar-refractivity contribution in [2.45, 2.75) is 79.6 Å². The van der Waals surface area contributed by atoms with Crippen LogP contribution in [0.1, 0.15) is 79.0 Å². The van der Waals surface area contributed by atoms with E-state index in [0.29, 0.717) is 11.4 Å². The lowest BCUT2D eigenvalue weighted by Gasteiger charge is -2.23. The molecule has 318 valence electrons. The fourth-order valence-corrected chi connectivity index (χ4v) is 10.5. The van der Waals surface area contributed by atoms with E-state index in [4.69, 9.17) is 9.97 Å². The number of pyridine rings is 1. The van der Waals surface area contributed by atoms with E-state index in [0.717, 1.165) is 62.3 Å². The molecule has 0 saturated heterocycles. The number of hydrogen-bond acceptors (Lipinski definition) is 4. The molecule has 0 radical (unpaired) electrons. The van der Waals surface area contributed by atoms with Gasteiger partial charge in [-0.1, -0.05) is 178 Å². The second-order valence-corrected chi connectivity index (χ2v) is 21.7. The fourth-order valence-electron chi connectivity index (χ4n) is 9.22. The van der Waals surface area contributed by atoms with E-state index in [-0.39, 0.29) is 22.0 Å². The van der Waals surface area contributed by atoms with Crippen LogP contribution in [0.3, 0.4) is 0 Å². The summed E-state index contributed by atoms with van der Waals surface area (Å²) in [5.74, 6) is 0.862. The minimum atomic E-state index is -0.148. The third-order valence-electron chi connectivity index (χ3n) is 12.5. The second kappa shape index (κ2) is 15.3. The summed E-state index contributed by atoms with van der Waals surface area (Å²) < 4.78 is 4.70. The van der Waals surface area contributed by atoms with Gasteiger partial charge in [0.2, 0.25) is 0 Å². The molecule has 3 heterocycles. The molecule has 0 unspecified atom stereocenters. The van der Waals surface area contributed by atoms with E-state index in [1.54, 1.807) is 0 Å². The molecule has 64 heavy (non-hydrogen) atoms. The topological polar surface area (TPSA) is 50.9 Å². The van der Waals surface area contributed by atoms with E-state index < -0.39 is 0 Å². The van der Waals surface area contributed by atoms with Crippen molar-refractivity contribution in [3.05, 3.63) is 168 Å². The van der Waals surface area contributed by atoms with Gasteiger partial charge in [-0.05, 0) is 92.1 Å². The Labute approximate surface area is 380 Å². The molecule has 3 aromatic heterocycles. The largest absolute Gasteiger partial charge is 0.507 e. The lowest BCUT2D eigenvalue weighted by Crippen LogP contribution is -2.12. The van der Waals surface area contributed by atoms with E-state index in [1.165, 1.54) is 42.1 Å². The van der Waals surface area contributed by atoms with Crippen molar-refractivity contribution >= 4 is 53.3 Å². The maximum atomic E-state index is 11.8. The number of rotatable bonds is 6. The van der Waals surface area contributed by atoms with Gasteiger partial charge in [0.05, 0.1) is 38.4 Å². The Balaban J connectivity index is 1.27. The highest BCUT2D eigenvalue weighted by Crippen LogP contribution is 2.46. The van der Waals surface area contributed by atoms with Crippen LogP contribution in [0.5, 0.6) is 5.75 Å². The molecule has 0 atom stereocenters. The number of benzene rings is 7. The Kier molecular flexibility index (Phi) is 9.92. The highest BCUT2D eigenvalue weighted by atomic mass is 32.1. The van der Waals surface area contributed by atoms with E-state index in [2.05, 4.69) is 206 Å². The van der Waals surface area contributed by atoms with Crippen molar-refractivity contribution in [2.24, 2.45) is 5.41 Å². The molecule has 0 bridgehead atoms. The van der Waals surface area contributed by atoms with Crippen LogP contribution in [0.4, 0.5) is 0 Å². The summed E-state index contributed by atoms with van der Waals surface area (Å²) in [6.07, 6.45) is 1.03. The van der Waals surface area contributed by atoms with E-state index >= 15 is 0 Å². The zero-order valence-corrected chi connectivity index (χ0v) is 39.2. The third-order valence-corrected chi connectivity index (χ3v) is 13.8. The number of imidazole rings is 1. The Morgan fingerprint density at radius 3 is 1.88 bits per heavy atom. The summed E-state index contributed by atoms with van der Waals surface area (Å²) in [5.41, 5.74) is 13.2. The Morgan fingerprint density at radius 1 is 0.531 bits per heavy atom. The molecule has 10 rings (SSSR count). The summed E-state index contributed by atoms with van der Waals surface area (Å²) in [4.78, 5) is 11.2. The molecule has 0 aliphatic heterocycles. The van der Waals surface area contributed by atoms with Crippen LogP contribution in [0.25, 0.3) is 92.7 Å². The van der Waals surface area contributed by atoms with Crippen LogP contribution >= 0.6 is 11.3 Å². The van der Waals surface area contributed by atoms with Crippen molar-refractivity contribution < 1.29 is 5.11 Å². The van der Waals surface area contributed by atoms with Gasteiger partial charge in [0.15, 0.2) is 0 Å². The maximum absolute atomic E-state index is 11.8. The summed E-state index contributed by atoms with van der Waals surface area (Å²) in [5, 5.41) is 16.8. The first kappa shape index (κ1) is 41.5. The van der Waals surface area contributed by atoms with Crippen LogP contribution in [0.15, 0.2) is 152 Å². The SMILES string of the molecule is CC(C)(C)Cc1ccc2c(ccc3c4cc(-c5cccc6c5nc(-c5cc(C(C)(C)C)ccc5O)n6-c5ccc(C(C)(C)C)cc5-c5ccccc5)nc(-c5ccccc5)c4sc23)c1. The molecule has 10 aromatic rings. The Hall–Kier alpha value is -6.56. The number of phenols is 1. The predicted molar refractivity (Wildman–Crippen MR) is 273 cm³/mol. The minimum absolute atomic E-state index is 0.0670. The van der Waals surface area contributed by atoms with Crippen molar-refractivity contribution in [3.8, 4) is 56.5 Å². The van der Waals surface area contributed by atoms with E-state index in [9.17, 15) is 5.11 Å². The zero-order valence-electron chi connectivity index (χ0n) is 38.3. The average Bonchev–Trinajstić information content (AvgIpc) is 3.84. The Morgan fingerprint density at radius 2 is 1.19 bits per heavy atom. The second-order valence-electron chi connectivity index (χ2n) is 20.7. The lowest BCUT2D eigenvalue weighted by molar-refractivity contribution is 0.411. The van der Waals surface area contributed by atoms with Gasteiger partial charge in [0.1, 0.15) is 11.6 Å². The first-order chi connectivity index (χ1) is 30.5.